The van der Waals surface area contributed by atoms with Crippen molar-refractivity contribution in [1.82, 2.24) is 0 Å². The molecule has 0 radical (unpaired) electrons. The summed E-state index contributed by atoms with van der Waals surface area (Å²) in [4.78, 5) is 11.5. The number of ketones is 1. The van der Waals surface area contributed by atoms with Crippen LogP contribution in [0.15, 0.2) is 35.6 Å². The Balaban J connectivity index is 2.33. The summed E-state index contributed by atoms with van der Waals surface area (Å²) in [7, 11) is 1.67. The minimum atomic E-state index is 0.252. The molecule has 2 atom stereocenters. The summed E-state index contributed by atoms with van der Waals surface area (Å²) < 4.78 is 5.26. The summed E-state index contributed by atoms with van der Waals surface area (Å²) in [5.74, 6) is 1.86. The quantitative estimate of drug-likeness (QED) is 0.666. The molecule has 0 saturated carbocycles. The zero-order valence-electron chi connectivity index (χ0n) is 9.95. The molecule has 0 aromatic rings. The van der Waals surface area contributed by atoms with Gasteiger partial charge in [-0.15, -0.1) is 0 Å². The zero-order chi connectivity index (χ0) is 11.7. The highest BCUT2D eigenvalue weighted by atomic mass is 16.5. The van der Waals surface area contributed by atoms with Gasteiger partial charge in [-0.2, -0.15) is 0 Å². The lowest BCUT2D eigenvalue weighted by Gasteiger charge is -2.35. The average Bonchev–Trinajstić information content (AvgIpc) is 2.29. The van der Waals surface area contributed by atoms with Crippen molar-refractivity contribution in [2.45, 2.75) is 26.2 Å². The summed E-state index contributed by atoms with van der Waals surface area (Å²) in [5, 5.41) is 0. The molecule has 2 aliphatic rings. The van der Waals surface area contributed by atoms with E-state index in [4.69, 9.17) is 4.74 Å². The van der Waals surface area contributed by atoms with Crippen LogP contribution in [0.25, 0.3) is 0 Å². The lowest BCUT2D eigenvalue weighted by atomic mass is 9.70. The molecule has 0 heterocycles. The fourth-order valence-electron chi connectivity index (χ4n) is 2.72. The van der Waals surface area contributed by atoms with Crippen molar-refractivity contribution in [2.24, 2.45) is 11.8 Å². The number of allylic oxidation sites excluding steroid dienone is 5. The molecule has 0 spiro atoms. The van der Waals surface area contributed by atoms with Gasteiger partial charge in [0.25, 0.3) is 0 Å². The molecule has 2 nitrogen and oxygen atoms in total. The number of ether oxygens (including phenoxy) is 1. The van der Waals surface area contributed by atoms with Gasteiger partial charge in [0.1, 0.15) is 0 Å². The summed E-state index contributed by atoms with van der Waals surface area (Å²) in [6, 6.07) is 0. The molecular formula is C14H18O2. The SMILES string of the molecule is C=C(OC)[C@@H]1CC=C(C)C2=CC(=O)CCC21. The van der Waals surface area contributed by atoms with Gasteiger partial charge in [-0.3, -0.25) is 4.79 Å². The van der Waals surface area contributed by atoms with Crippen molar-refractivity contribution < 1.29 is 9.53 Å². The van der Waals surface area contributed by atoms with Gasteiger partial charge in [0.2, 0.25) is 0 Å². The Labute approximate surface area is 96.7 Å². The second-order valence-electron chi connectivity index (χ2n) is 4.61. The van der Waals surface area contributed by atoms with Crippen LogP contribution in [0.4, 0.5) is 0 Å². The molecule has 1 unspecified atom stereocenters. The van der Waals surface area contributed by atoms with Gasteiger partial charge in [0, 0.05) is 12.3 Å². The predicted molar refractivity (Wildman–Crippen MR) is 63.8 cm³/mol. The summed E-state index contributed by atoms with van der Waals surface area (Å²) in [6.07, 6.45) is 6.58. The van der Waals surface area contributed by atoms with E-state index in [-0.39, 0.29) is 5.78 Å². The molecule has 16 heavy (non-hydrogen) atoms. The molecule has 0 N–H and O–H groups in total. The van der Waals surface area contributed by atoms with Crippen molar-refractivity contribution in [3.05, 3.63) is 35.6 Å². The van der Waals surface area contributed by atoms with E-state index < -0.39 is 0 Å². The van der Waals surface area contributed by atoms with Crippen LogP contribution < -0.4 is 0 Å². The van der Waals surface area contributed by atoms with E-state index in [1.54, 1.807) is 7.11 Å². The normalized spacial score (nSPS) is 29.0. The lowest BCUT2D eigenvalue weighted by Crippen LogP contribution is -2.27. The first-order chi connectivity index (χ1) is 7.63. The second kappa shape index (κ2) is 4.28. The Bertz CT molecular complexity index is 388. The zero-order valence-corrected chi connectivity index (χ0v) is 9.95. The van der Waals surface area contributed by atoms with Crippen molar-refractivity contribution >= 4 is 5.78 Å². The van der Waals surface area contributed by atoms with Crippen molar-refractivity contribution in [3.8, 4) is 0 Å². The van der Waals surface area contributed by atoms with E-state index in [1.807, 2.05) is 6.08 Å². The molecule has 0 aliphatic heterocycles. The van der Waals surface area contributed by atoms with E-state index in [0.29, 0.717) is 18.3 Å². The number of rotatable bonds is 2. The molecule has 0 aromatic carbocycles. The number of hydrogen-bond acceptors (Lipinski definition) is 2. The maximum Gasteiger partial charge on any atom is 0.156 e. The largest absolute Gasteiger partial charge is 0.501 e. The third kappa shape index (κ3) is 1.84. The summed E-state index contributed by atoms with van der Waals surface area (Å²) in [5.41, 5.74) is 2.45. The van der Waals surface area contributed by atoms with Crippen LogP contribution in [0.5, 0.6) is 0 Å². The second-order valence-corrected chi connectivity index (χ2v) is 4.61. The number of methoxy groups -OCH3 is 1. The highest BCUT2D eigenvalue weighted by molar-refractivity contribution is 5.92. The van der Waals surface area contributed by atoms with E-state index >= 15 is 0 Å². The van der Waals surface area contributed by atoms with Gasteiger partial charge in [0.15, 0.2) is 5.78 Å². The van der Waals surface area contributed by atoms with E-state index in [2.05, 4.69) is 19.6 Å². The Morgan fingerprint density at radius 3 is 3.00 bits per heavy atom. The van der Waals surface area contributed by atoms with Gasteiger partial charge >= 0.3 is 0 Å². The monoisotopic (exact) mass is 218 g/mol. The minimum absolute atomic E-state index is 0.252. The highest BCUT2D eigenvalue weighted by Crippen LogP contribution is 2.42. The standard InChI is InChI=1S/C14H18O2/c1-9-4-6-12(10(2)16-3)13-7-5-11(15)8-14(9)13/h4,8,12-13H,2,5-7H2,1,3H3/t12-,13?/m0/s1. The van der Waals surface area contributed by atoms with Crippen LogP contribution in [0.1, 0.15) is 26.2 Å². The van der Waals surface area contributed by atoms with Crippen LogP contribution in [-0.2, 0) is 9.53 Å². The van der Waals surface area contributed by atoms with E-state index in [0.717, 1.165) is 18.6 Å². The smallest absolute Gasteiger partial charge is 0.156 e. The van der Waals surface area contributed by atoms with Crippen LogP contribution >= 0.6 is 0 Å². The Morgan fingerprint density at radius 2 is 2.31 bits per heavy atom. The first-order valence-electron chi connectivity index (χ1n) is 5.78. The molecular weight excluding hydrogens is 200 g/mol. The van der Waals surface area contributed by atoms with Crippen LogP contribution in [-0.4, -0.2) is 12.9 Å². The molecule has 2 rings (SSSR count). The molecule has 0 aromatic heterocycles. The van der Waals surface area contributed by atoms with Crippen LogP contribution in [0.2, 0.25) is 0 Å². The molecule has 0 saturated heterocycles. The summed E-state index contributed by atoms with van der Waals surface area (Å²) in [6.45, 7) is 6.05. The van der Waals surface area contributed by atoms with Gasteiger partial charge in [-0.25, -0.2) is 0 Å². The molecule has 2 heteroatoms. The Hall–Kier alpha value is -1.31. The third-order valence-corrected chi connectivity index (χ3v) is 3.71. The van der Waals surface area contributed by atoms with Crippen LogP contribution in [0, 0.1) is 11.8 Å². The molecule has 0 fully saturated rings. The number of carbonyl (C=O) groups excluding carboxylic acids is 1. The van der Waals surface area contributed by atoms with E-state index in [1.165, 1.54) is 11.1 Å². The van der Waals surface area contributed by atoms with Crippen molar-refractivity contribution in [2.75, 3.05) is 7.11 Å². The minimum Gasteiger partial charge on any atom is -0.501 e. The fourth-order valence-corrected chi connectivity index (χ4v) is 2.72. The lowest BCUT2D eigenvalue weighted by molar-refractivity contribution is -0.115. The average molecular weight is 218 g/mol. The molecule has 0 bridgehead atoms. The third-order valence-electron chi connectivity index (χ3n) is 3.71. The highest BCUT2D eigenvalue weighted by Gasteiger charge is 2.33. The van der Waals surface area contributed by atoms with Gasteiger partial charge in [0.05, 0.1) is 12.9 Å². The number of hydrogen-bond donors (Lipinski definition) is 0. The van der Waals surface area contributed by atoms with Crippen LogP contribution in [0.3, 0.4) is 0 Å². The molecule has 0 amide bonds. The van der Waals surface area contributed by atoms with Gasteiger partial charge in [-0.1, -0.05) is 18.2 Å². The van der Waals surface area contributed by atoms with Crippen molar-refractivity contribution in [1.29, 1.82) is 0 Å². The van der Waals surface area contributed by atoms with Gasteiger partial charge in [-0.05, 0) is 37.3 Å². The van der Waals surface area contributed by atoms with Crippen molar-refractivity contribution in [3.63, 3.8) is 0 Å². The Kier molecular flexibility index (Phi) is 2.99. The topological polar surface area (TPSA) is 26.3 Å². The molecule has 2 aliphatic carbocycles. The predicted octanol–water partition coefficient (Wildman–Crippen LogP) is 3.02. The summed E-state index contributed by atoms with van der Waals surface area (Å²) >= 11 is 0. The first kappa shape index (κ1) is 11.2. The van der Waals surface area contributed by atoms with Gasteiger partial charge < -0.3 is 4.74 Å². The first-order valence-corrected chi connectivity index (χ1v) is 5.78. The molecule has 86 valence electrons. The maximum atomic E-state index is 11.5. The number of carbonyl (C=O) groups is 1. The van der Waals surface area contributed by atoms with E-state index in [9.17, 15) is 4.79 Å². The fraction of sp³-hybridized carbons (Fsp3) is 0.500. The Morgan fingerprint density at radius 1 is 1.56 bits per heavy atom. The number of fused-ring (bicyclic) bond motifs is 1. The maximum absolute atomic E-state index is 11.5.